The molecular formula is C16H30N4O7. The first-order valence-electron chi connectivity index (χ1n) is 8.64. The van der Waals surface area contributed by atoms with Gasteiger partial charge in [-0.3, -0.25) is 14.4 Å². The van der Waals surface area contributed by atoms with Gasteiger partial charge in [0.1, 0.15) is 24.4 Å². The smallest absolute Gasteiger partial charge is 0.245 e. The van der Waals surface area contributed by atoms with Crippen LogP contribution >= 0.6 is 0 Å². The number of amides is 3. The van der Waals surface area contributed by atoms with Gasteiger partial charge < -0.3 is 41.8 Å². The van der Waals surface area contributed by atoms with E-state index < -0.39 is 61.2 Å². The van der Waals surface area contributed by atoms with Crippen molar-refractivity contribution in [2.45, 2.75) is 57.5 Å². The third kappa shape index (κ3) is 7.99. The van der Waals surface area contributed by atoms with Crippen molar-refractivity contribution in [3.63, 3.8) is 0 Å². The van der Waals surface area contributed by atoms with Crippen LogP contribution in [0.2, 0.25) is 0 Å². The largest absolute Gasteiger partial charge is 0.394 e. The van der Waals surface area contributed by atoms with Crippen molar-refractivity contribution in [1.82, 2.24) is 16.0 Å². The van der Waals surface area contributed by atoms with E-state index in [0.29, 0.717) is 12.7 Å². The Morgan fingerprint density at radius 2 is 1.59 bits per heavy atom. The minimum Gasteiger partial charge on any atom is -0.394 e. The molecule has 27 heavy (non-hydrogen) atoms. The molecule has 6 atom stereocenters. The molecule has 0 heterocycles. The van der Waals surface area contributed by atoms with E-state index in [-0.39, 0.29) is 5.92 Å². The second kappa shape index (κ2) is 12.3. The molecule has 0 unspecified atom stereocenters. The summed E-state index contributed by atoms with van der Waals surface area (Å²) < 4.78 is 0. The molecule has 0 saturated carbocycles. The number of hydrogen-bond acceptors (Lipinski definition) is 8. The Bertz CT molecular complexity index is 515. The minimum absolute atomic E-state index is 0.155. The zero-order valence-electron chi connectivity index (χ0n) is 15.7. The summed E-state index contributed by atoms with van der Waals surface area (Å²) in [6.07, 6.45) is -0.375. The summed E-state index contributed by atoms with van der Waals surface area (Å²) in [5, 5.41) is 34.6. The van der Waals surface area contributed by atoms with Gasteiger partial charge in [-0.25, -0.2) is 0 Å². The minimum atomic E-state index is -1.45. The van der Waals surface area contributed by atoms with Crippen LogP contribution in [0.4, 0.5) is 0 Å². The maximum absolute atomic E-state index is 12.3. The van der Waals surface area contributed by atoms with Crippen LogP contribution in [0.1, 0.15) is 27.2 Å². The van der Waals surface area contributed by atoms with Crippen molar-refractivity contribution < 1.29 is 34.5 Å². The number of aliphatic hydroxyl groups is 3. The number of hydrogen-bond donors (Lipinski definition) is 7. The van der Waals surface area contributed by atoms with Gasteiger partial charge in [0.15, 0.2) is 0 Å². The maximum atomic E-state index is 12.3. The van der Waals surface area contributed by atoms with Crippen molar-refractivity contribution >= 4 is 24.0 Å². The van der Waals surface area contributed by atoms with Gasteiger partial charge in [0, 0.05) is 0 Å². The molecule has 0 aliphatic rings. The fourth-order valence-electron chi connectivity index (χ4n) is 2.03. The lowest BCUT2D eigenvalue weighted by atomic mass is 9.98. The van der Waals surface area contributed by atoms with Gasteiger partial charge in [-0.05, 0) is 12.8 Å². The lowest BCUT2D eigenvalue weighted by molar-refractivity contribution is -0.136. The molecule has 11 heteroatoms. The zero-order chi connectivity index (χ0) is 21.1. The van der Waals surface area contributed by atoms with Crippen LogP contribution < -0.4 is 21.7 Å². The molecule has 3 amide bonds. The summed E-state index contributed by atoms with van der Waals surface area (Å²) in [5.74, 6) is -2.63. The standard InChI is InChI=1S/C16H30N4O7/c1-4-8(2)12(17)15(26)20-13(9(3)24)16(27)19-11(7-23)14(25)18-10(5-21)6-22/h5,8-13,22-24H,4,6-7,17H2,1-3H3,(H,18,25)(H,19,27)(H,20,26)/t8-,9-,10+,11+,12-,13-/m0/s1. The van der Waals surface area contributed by atoms with Crippen LogP contribution in [0.5, 0.6) is 0 Å². The van der Waals surface area contributed by atoms with Gasteiger partial charge in [0.2, 0.25) is 17.7 Å². The summed E-state index contributed by atoms with van der Waals surface area (Å²) in [7, 11) is 0. The van der Waals surface area contributed by atoms with E-state index in [1.54, 1.807) is 6.92 Å². The van der Waals surface area contributed by atoms with Crippen molar-refractivity contribution in [3.8, 4) is 0 Å². The molecule has 0 spiro atoms. The highest BCUT2D eigenvalue weighted by Gasteiger charge is 2.32. The molecule has 0 saturated heterocycles. The van der Waals surface area contributed by atoms with E-state index in [1.807, 2.05) is 6.92 Å². The van der Waals surface area contributed by atoms with Gasteiger partial charge in [-0.1, -0.05) is 20.3 Å². The van der Waals surface area contributed by atoms with Crippen molar-refractivity contribution in [3.05, 3.63) is 0 Å². The van der Waals surface area contributed by atoms with E-state index in [0.717, 1.165) is 0 Å². The van der Waals surface area contributed by atoms with E-state index in [4.69, 9.17) is 10.8 Å². The molecule has 8 N–H and O–H groups in total. The monoisotopic (exact) mass is 390 g/mol. The number of rotatable bonds is 12. The molecule has 0 rings (SSSR count). The van der Waals surface area contributed by atoms with Gasteiger partial charge in [-0.2, -0.15) is 0 Å². The third-order valence-electron chi connectivity index (χ3n) is 4.13. The highest BCUT2D eigenvalue weighted by Crippen LogP contribution is 2.06. The first-order valence-corrected chi connectivity index (χ1v) is 8.64. The Morgan fingerprint density at radius 3 is 2.00 bits per heavy atom. The van der Waals surface area contributed by atoms with Crippen LogP contribution in [0.25, 0.3) is 0 Å². The predicted octanol–water partition coefficient (Wildman–Crippen LogP) is -3.62. The van der Waals surface area contributed by atoms with E-state index >= 15 is 0 Å². The van der Waals surface area contributed by atoms with Crippen LogP contribution in [0, 0.1) is 5.92 Å². The van der Waals surface area contributed by atoms with Gasteiger partial charge in [-0.15, -0.1) is 0 Å². The fraction of sp³-hybridized carbons (Fsp3) is 0.750. The lowest BCUT2D eigenvalue weighted by Crippen LogP contribution is -2.60. The number of aldehydes is 1. The van der Waals surface area contributed by atoms with E-state index in [1.165, 1.54) is 6.92 Å². The first kappa shape index (κ1) is 24.9. The SMILES string of the molecule is CC[C@H](C)[C@H](N)C(=O)N[C@H](C(=O)N[C@H](CO)C(=O)N[C@H](C=O)CO)[C@H](C)O. The average Bonchev–Trinajstić information content (AvgIpc) is 2.65. The molecule has 0 aromatic carbocycles. The van der Waals surface area contributed by atoms with Crippen LogP contribution in [0.15, 0.2) is 0 Å². The Morgan fingerprint density at radius 1 is 1.00 bits per heavy atom. The topological polar surface area (TPSA) is 191 Å². The summed E-state index contributed by atoms with van der Waals surface area (Å²) >= 11 is 0. The lowest BCUT2D eigenvalue weighted by Gasteiger charge is -2.26. The van der Waals surface area contributed by atoms with Gasteiger partial charge >= 0.3 is 0 Å². The fourth-order valence-corrected chi connectivity index (χ4v) is 2.03. The quantitative estimate of drug-likeness (QED) is 0.166. The maximum Gasteiger partial charge on any atom is 0.245 e. The summed E-state index contributed by atoms with van der Waals surface area (Å²) in [4.78, 5) is 47.1. The van der Waals surface area contributed by atoms with Crippen LogP contribution in [0.3, 0.4) is 0 Å². The second-order valence-corrected chi connectivity index (χ2v) is 6.32. The molecule has 0 aliphatic carbocycles. The Kier molecular flexibility index (Phi) is 11.4. The van der Waals surface area contributed by atoms with Gasteiger partial charge in [0.25, 0.3) is 0 Å². The zero-order valence-corrected chi connectivity index (χ0v) is 15.7. The molecule has 11 nitrogen and oxygen atoms in total. The number of nitrogens with two attached hydrogens (primary N) is 1. The normalized spacial score (nSPS) is 17.6. The first-order chi connectivity index (χ1) is 12.6. The predicted molar refractivity (Wildman–Crippen MR) is 95.1 cm³/mol. The summed E-state index contributed by atoms with van der Waals surface area (Å²) in [5.41, 5.74) is 5.79. The molecule has 0 bridgehead atoms. The second-order valence-electron chi connectivity index (χ2n) is 6.32. The summed E-state index contributed by atoms with van der Waals surface area (Å²) in [6, 6.07) is -4.94. The van der Waals surface area contributed by atoms with Crippen LogP contribution in [-0.4, -0.2) is 82.8 Å². The molecule has 156 valence electrons. The Hall–Kier alpha value is -2.08. The number of aliphatic hydroxyl groups excluding tert-OH is 3. The molecule has 0 aliphatic heterocycles. The van der Waals surface area contributed by atoms with Crippen LogP contribution in [-0.2, 0) is 19.2 Å². The average molecular weight is 390 g/mol. The van der Waals surface area contributed by atoms with Crippen molar-refractivity contribution in [1.29, 1.82) is 0 Å². The number of nitrogens with one attached hydrogen (secondary N) is 3. The highest BCUT2D eigenvalue weighted by atomic mass is 16.3. The molecule has 0 fully saturated rings. The number of carbonyl (C=O) groups is 4. The van der Waals surface area contributed by atoms with Gasteiger partial charge in [0.05, 0.1) is 25.4 Å². The van der Waals surface area contributed by atoms with E-state index in [2.05, 4.69) is 16.0 Å². The molecule has 0 radical (unpaired) electrons. The molecule has 0 aromatic heterocycles. The number of carbonyl (C=O) groups excluding carboxylic acids is 4. The molecule has 0 aromatic rings. The Labute approximate surface area is 157 Å². The van der Waals surface area contributed by atoms with E-state index in [9.17, 15) is 29.4 Å². The third-order valence-corrected chi connectivity index (χ3v) is 4.13. The Balaban J connectivity index is 5.06. The highest BCUT2D eigenvalue weighted by molar-refractivity contribution is 5.94. The van der Waals surface area contributed by atoms with Crippen molar-refractivity contribution in [2.75, 3.05) is 13.2 Å². The van der Waals surface area contributed by atoms with Crippen molar-refractivity contribution in [2.24, 2.45) is 11.7 Å². The summed E-state index contributed by atoms with van der Waals surface area (Å²) in [6.45, 7) is 3.42. The molecular weight excluding hydrogens is 360 g/mol.